The third kappa shape index (κ3) is 3.25. The summed E-state index contributed by atoms with van der Waals surface area (Å²) in [6.45, 7) is 0. The Balaban J connectivity index is 1.53. The van der Waals surface area contributed by atoms with E-state index in [1.165, 1.54) is 0 Å². The van der Waals surface area contributed by atoms with Crippen molar-refractivity contribution < 1.29 is 14.5 Å². The summed E-state index contributed by atoms with van der Waals surface area (Å²) >= 11 is 0. The van der Waals surface area contributed by atoms with Gasteiger partial charge >= 0.3 is 7.12 Å². The van der Waals surface area contributed by atoms with Gasteiger partial charge in [0.25, 0.3) is 0 Å². The van der Waals surface area contributed by atoms with Crippen molar-refractivity contribution in [2.75, 3.05) is 5.32 Å². The summed E-state index contributed by atoms with van der Waals surface area (Å²) in [6, 6.07) is 13.1. The van der Waals surface area contributed by atoms with E-state index in [-0.39, 0.29) is 12.3 Å². The zero-order valence-corrected chi connectivity index (χ0v) is 13.3. The maximum atomic E-state index is 12.4. The fourth-order valence-corrected chi connectivity index (χ4v) is 2.92. The number of hydrogen-bond acceptors (Lipinski definition) is 4. The molecule has 1 aromatic heterocycles. The van der Waals surface area contributed by atoms with E-state index in [0.717, 1.165) is 27.6 Å². The van der Waals surface area contributed by atoms with Crippen LogP contribution in [0.2, 0.25) is 0 Å². The SMILES string of the molecule is O=C(Cc1cccc2c1C=CB(O)O2)Nc1ccc2cnccc2c1. The van der Waals surface area contributed by atoms with Crippen molar-refractivity contribution in [2.45, 2.75) is 6.42 Å². The Morgan fingerprint density at radius 3 is 3.04 bits per heavy atom. The van der Waals surface area contributed by atoms with Crippen LogP contribution in [0.15, 0.2) is 60.8 Å². The summed E-state index contributed by atoms with van der Waals surface area (Å²) in [4.78, 5) is 16.5. The van der Waals surface area contributed by atoms with Gasteiger partial charge in [-0.25, -0.2) is 0 Å². The van der Waals surface area contributed by atoms with Crippen LogP contribution in [-0.4, -0.2) is 23.0 Å². The summed E-state index contributed by atoms with van der Waals surface area (Å²) in [5.41, 5.74) is 2.42. The van der Waals surface area contributed by atoms with Crippen LogP contribution in [0.3, 0.4) is 0 Å². The summed E-state index contributed by atoms with van der Waals surface area (Å²) < 4.78 is 5.35. The van der Waals surface area contributed by atoms with Gasteiger partial charge in [0, 0.05) is 29.0 Å². The van der Waals surface area contributed by atoms with Crippen LogP contribution in [0.25, 0.3) is 16.8 Å². The normalized spacial score (nSPS) is 12.6. The molecule has 2 N–H and O–H groups in total. The topological polar surface area (TPSA) is 71.5 Å². The zero-order valence-electron chi connectivity index (χ0n) is 13.3. The third-order valence-electron chi connectivity index (χ3n) is 4.11. The lowest BCUT2D eigenvalue weighted by atomic mass is 9.85. The summed E-state index contributed by atoms with van der Waals surface area (Å²) in [5, 5.41) is 14.5. The highest BCUT2D eigenvalue weighted by Gasteiger charge is 2.20. The highest BCUT2D eigenvalue weighted by atomic mass is 16.5. The number of carbonyl (C=O) groups is 1. The van der Waals surface area contributed by atoms with Gasteiger partial charge in [-0.2, -0.15) is 0 Å². The van der Waals surface area contributed by atoms with Gasteiger partial charge in [0.1, 0.15) is 5.75 Å². The van der Waals surface area contributed by atoms with Crippen molar-refractivity contribution in [3.8, 4) is 5.75 Å². The first kappa shape index (κ1) is 15.4. The van der Waals surface area contributed by atoms with Crippen LogP contribution in [0.5, 0.6) is 5.75 Å². The number of nitrogens with one attached hydrogen (secondary N) is 1. The molecule has 122 valence electrons. The molecule has 2 aromatic carbocycles. The predicted molar refractivity (Wildman–Crippen MR) is 98.2 cm³/mol. The monoisotopic (exact) mass is 330 g/mol. The number of nitrogens with zero attached hydrogens (tertiary/aromatic N) is 1. The summed E-state index contributed by atoms with van der Waals surface area (Å²) in [7, 11) is -0.941. The van der Waals surface area contributed by atoms with E-state index >= 15 is 0 Å². The fourth-order valence-electron chi connectivity index (χ4n) is 2.92. The molecule has 3 aromatic rings. The molecule has 0 aliphatic carbocycles. The molecule has 5 nitrogen and oxygen atoms in total. The minimum Gasteiger partial charge on any atom is -0.532 e. The molecule has 0 unspecified atom stereocenters. The van der Waals surface area contributed by atoms with E-state index in [9.17, 15) is 9.82 Å². The molecule has 1 aliphatic heterocycles. The molecular weight excluding hydrogens is 315 g/mol. The van der Waals surface area contributed by atoms with Crippen molar-refractivity contribution in [1.82, 2.24) is 4.98 Å². The molecule has 0 atom stereocenters. The highest BCUT2D eigenvalue weighted by Crippen LogP contribution is 2.28. The molecule has 25 heavy (non-hydrogen) atoms. The Hall–Kier alpha value is -3.12. The fraction of sp³-hybridized carbons (Fsp3) is 0.0526. The number of aromatic nitrogens is 1. The van der Waals surface area contributed by atoms with E-state index in [1.807, 2.05) is 36.4 Å². The average molecular weight is 330 g/mol. The van der Waals surface area contributed by atoms with Crippen LogP contribution < -0.4 is 9.97 Å². The number of anilines is 1. The van der Waals surface area contributed by atoms with Crippen molar-refractivity contribution >= 4 is 35.6 Å². The van der Waals surface area contributed by atoms with Gasteiger partial charge in [-0.15, -0.1) is 0 Å². The van der Waals surface area contributed by atoms with Crippen molar-refractivity contribution in [3.63, 3.8) is 0 Å². The van der Waals surface area contributed by atoms with Crippen LogP contribution in [0, 0.1) is 0 Å². The van der Waals surface area contributed by atoms with Crippen LogP contribution in [0.4, 0.5) is 5.69 Å². The molecule has 0 bridgehead atoms. The average Bonchev–Trinajstić information content (AvgIpc) is 2.61. The van der Waals surface area contributed by atoms with Gasteiger partial charge in [-0.3, -0.25) is 9.78 Å². The molecule has 1 amide bonds. The molecule has 2 heterocycles. The molecule has 0 fully saturated rings. The lowest BCUT2D eigenvalue weighted by molar-refractivity contribution is -0.115. The number of benzene rings is 2. The Labute approximate surface area is 145 Å². The maximum Gasteiger partial charge on any atom is 0.552 e. The number of pyridine rings is 1. The molecule has 0 radical (unpaired) electrons. The molecule has 0 saturated heterocycles. The van der Waals surface area contributed by atoms with Crippen LogP contribution >= 0.6 is 0 Å². The highest BCUT2D eigenvalue weighted by molar-refractivity contribution is 6.51. The number of fused-ring (bicyclic) bond motifs is 2. The Kier molecular flexibility index (Phi) is 3.95. The second kappa shape index (κ2) is 6.41. The number of hydrogen-bond donors (Lipinski definition) is 2. The first-order chi connectivity index (χ1) is 12.2. The van der Waals surface area contributed by atoms with Gasteiger partial charge in [0.05, 0.1) is 6.42 Å². The summed E-state index contributed by atoms with van der Waals surface area (Å²) in [6.07, 6.45) is 5.53. The number of rotatable bonds is 3. The number of carbonyl (C=O) groups excluding carboxylic acids is 1. The van der Waals surface area contributed by atoms with Crippen molar-refractivity contribution in [1.29, 1.82) is 0 Å². The first-order valence-electron chi connectivity index (χ1n) is 7.97. The Bertz CT molecular complexity index is 987. The molecular formula is C19H15BN2O3. The van der Waals surface area contributed by atoms with Gasteiger partial charge < -0.3 is 15.0 Å². The second-order valence-electron chi connectivity index (χ2n) is 5.86. The first-order valence-corrected chi connectivity index (χ1v) is 7.97. The molecule has 1 aliphatic rings. The predicted octanol–water partition coefficient (Wildman–Crippen LogP) is 2.84. The molecule has 0 saturated carbocycles. The minimum absolute atomic E-state index is 0.110. The number of amides is 1. The molecule has 0 spiro atoms. The Morgan fingerprint density at radius 1 is 1.20 bits per heavy atom. The second-order valence-corrected chi connectivity index (χ2v) is 5.86. The summed E-state index contributed by atoms with van der Waals surface area (Å²) in [5.74, 6) is 2.03. The zero-order chi connectivity index (χ0) is 17.2. The largest absolute Gasteiger partial charge is 0.552 e. The minimum atomic E-state index is -0.941. The molecule has 4 rings (SSSR count). The van der Waals surface area contributed by atoms with Gasteiger partial charge in [-0.05, 0) is 41.2 Å². The maximum absolute atomic E-state index is 12.4. The third-order valence-corrected chi connectivity index (χ3v) is 4.11. The lowest BCUT2D eigenvalue weighted by Crippen LogP contribution is -2.22. The lowest BCUT2D eigenvalue weighted by Gasteiger charge is -2.17. The molecule has 6 heteroatoms. The van der Waals surface area contributed by atoms with Crippen LogP contribution in [0.1, 0.15) is 11.1 Å². The quantitative estimate of drug-likeness (QED) is 0.725. The van der Waals surface area contributed by atoms with E-state index in [2.05, 4.69) is 10.3 Å². The van der Waals surface area contributed by atoms with Crippen molar-refractivity contribution in [2.24, 2.45) is 0 Å². The van der Waals surface area contributed by atoms with E-state index in [1.54, 1.807) is 30.5 Å². The van der Waals surface area contributed by atoms with E-state index in [4.69, 9.17) is 4.65 Å². The van der Waals surface area contributed by atoms with E-state index < -0.39 is 7.12 Å². The van der Waals surface area contributed by atoms with Gasteiger partial charge in [0.2, 0.25) is 5.91 Å². The Morgan fingerprint density at radius 2 is 2.12 bits per heavy atom. The smallest absolute Gasteiger partial charge is 0.532 e. The van der Waals surface area contributed by atoms with Crippen molar-refractivity contribution in [3.05, 3.63) is 72.0 Å². The van der Waals surface area contributed by atoms with Crippen LogP contribution in [-0.2, 0) is 11.2 Å². The standard InChI is InChI=1S/C19H15BN2O3/c23-19(22-16-5-4-15-12-21-9-7-13(15)10-16)11-14-2-1-3-18-17(14)6-8-20(24)25-18/h1-10,12,24H,11H2,(H,22,23). The van der Waals surface area contributed by atoms with Gasteiger partial charge in [0.15, 0.2) is 0 Å². The van der Waals surface area contributed by atoms with Gasteiger partial charge in [-0.1, -0.05) is 24.3 Å². The van der Waals surface area contributed by atoms with E-state index in [0.29, 0.717) is 5.75 Å².